The molecule has 0 saturated carbocycles. The highest BCUT2D eigenvalue weighted by Gasteiger charge is 2.36. The highest BCUT2D eigenvalue weighted by Crippen LogP contribution is 2.36. The Morgan fingerprint density at radius 3 is 2.18 bits per heavy atom. The number of thiazole rings is 1. The van der Waals surface area contributed by atoms with E-state index in [0.717, 1.165) is 11.3 Å². The van der Waals surface area contributed by atoms with Gasteiger partial charge < -0.3 is 0 Å². The van der Waals surface area contributed by atoms with Crippen LogP contribution in [0.1, 0.15) is 10.7 Å². The van der Waals surface area contributed by atoms with Crippen LogP contribution in [-0.2, 0) is 6.18 Å². The van der Waals surface area contributed by atoms with Gasteiger partial charge in [-0.05, 0) is 6.92 Å². The molecule has 0 aromatic carbocycles. The molecule has 1 heterocycles. The SMILES string of the molecule is Cc1nc(C(F)(F)F)c(Cl)s1. The predicted octanol–water partition coefficient (Wildman–Crippen LogP) is 3.12. The molecule has 1 rings (SSSR count). The lowest BCUT2D eigenvalue weighted by molar-refractivity contribution is -0.140. The van der Waals surface area contributed by atoms with E-state index in [-0.39, 0.29) is 4.34 Å². The number of alkyl halides is 3. The van der Waals surface area contributed by atoms with Gasteiger partial charge in [-0.15, -0.1) is 11.3 Å². The highest BCUT2D eigenvalue weighted by molar-refractivity contribution is 7.15. The lowest BCUT2D eigenvalue weighted by atomic mass is 10.5. The average molecular weight is 202 g/mol. The van der Waals surface area contributed by atoms with Crippen LogP contribution >= 0.6 is 22.9 Å². The van der Waals surface area contributed by atoms with E-state index in [1.54, 1.807) is 0 Å². The van der Waals surface area contributed by atoms with E-state index in [0.29, 0.717) is 5.01 Å². The van der Waals surface area contributed by atoms with Crippen molar-refractivity contribution in [2.75, 3.05) is 0 Å². The molecule has 11 heavy (non-hydrogen) atoms. The van der Waals surface area contributed by atoms with Crippen LogP contribution in [0.4, 0.5) is 13.2 Å². The van der Waals surface area contributed by atoms with Gasteiger partial charge in [-0.3, -0.25) is 0 Å². The summed E-state index contributed by atoms with van der Waals surface area (Å²) in [4.78, 5) is 3.24. The second-order valence-corrected chi connectivity index (χ2v) is 3.66. The zero-order valence-corrected chi connectivity index (χ0v) is 6.94. The summed E-state index contributed by atoms with van der Waals surface area (Å²) < 4.78 is 35.5. The van der Waals surface area contributed by atoms with Crippen LogP contribution in [0.2, 0.25) is 4.34 Å². The Labute approximate surface area is 69.8 Å². The first-order valence-electron chi connectivity index (χ1n) is 2.61. The molecule has 0 spiro atoms. The maximum Gasteiger partial charge on any atom is 0.435 e. The third-order valence-corrected chi connectivity index (χ3v) is 2.13. The monoisotopic (exact) mass is 201 g/mol. The maximum absolute atomic E-state index is 11.9. The molecule has 0 radical (unpaired) electrons. The van der Waals surface area contributed by atoms with Gasteiger partial charge in [0.25, 0.3) is 0 Å². The second kappa shape index (κ2) is 2.64. The summed E-state index contributed by atoms with van der Waals surface area (Å²) in [6.45, 7) is 1.48. The summed E-state index contributed by atoms with van der Waals surface area (Å²) in [6, 6.07) is 0. The number of rotatable bonds is 0. The van der Waals surface area contributed by atoms with Crippen molar-refractivity contribution in [3.8, 4) is 0 Å². The number of halogens is 4. The van der Waals surface area contributed by atoms with Gasteiger partial charge in [0.05, 0.1) is 5.01 Å². The minimum Gasteiger partial charge on any atom is -0.235 e. The lowest BCUT2D eigenvalue weighted by Gasteiger charge is -2.00. The Hall–Kier alpha value is -0.290. The first kappa shape index (κ1) is 8.80. The van der Waals surface area contributed by atoms with Crippen molar-refractivity contribution in [1.29, 1.82) is 0 Å². The van der Waals surface area contributed by atoms with E-state index < -0.39 is 11.9 Å². The Balaban J connectivity index is 3.13. The first-order chi connectivity index (χ1) is 4.91. The van der Waals surface area contributed by atoms with Crippen LogP contribution < -0.4 is 0 Å². The minimum absolute atomic E-state index is 0.296. The van der Waals surface area contributed by atoms with Crippen LogP contribution in [0.3, 0.4) is 0 Å². The van der Waals surface area contributed by atoms with Gasteiger partial charge in [0.15, 0.2) is 5.69 Å². The third kappa shape index (κ3) is 1.84. The van der Waals surface area contributed by atoms with Gasteiger partial charge in [0.2, 0.25) is 0 Å². The van der Waals surface area contributed by atoms with Crippen molar-refractivity contribution in [3.63, 3.8) is 0 Å². The molecule has 0 saturated heterocycles. The predicted molar refractivity (Wildman–Crippen MR) is 36.9 cm³/mol. The fraction of sp³-hybridized carbons (Fsp3) is 0.400. The average Bonchev–Trinajstić information content (AvgIpc) is 2.08. The van der Waals surface area contributed by atoms with Gasteiger partial charge in [0, 0.05) is 0 Å². The van der Waals surface area contributed by atoms with E-state index >= 15 is 0 Å². The van der Waals surface area contributed by atoms with Gasteiger partial charge >= 0.3 is 6.18 Å². The van der Waals surface area contributed by atoms with E-state index in [9.17, 15) is 13.2 Å². The topological polar surface area (TPSA) is 12.9 Å². The fourth-order valence-corrected chi connectivity index (χ4v) is 1.72. The molecular formula is C5H3ClF3NS. The van der Waals surface area contributed by atoms with Crippen molar-refractivity contribution in [3.05, 3.63) is 15.0 Å². The number of aryl methyl sites for hydroxylation is 1. The molecule has 0 fully saturated rings. The molecule has 0 aliphatic carbocycles. The van der Waals surface area contributed by atoms with Crippen molar-refractivity contribution < 1.29 is 13.2 Å². The Morgan fingerprint density at radius 1 is 1.45 bits per heavy atom. The number of hydrogen-bond donors (Lipinski definition) is 0. The Kier molecular flexibility index (Phi) is 2.11. The smallest absolute Gasteiger partial charge is 0.235 e. The number of hydrogen-bond acceptors (Lipinski definition) is 2. The van der Waals surface area contributed by atoms with Gasteiger partial charge in [-0.2, -0.15) is 13.2 Å². The summed E-state index contributed by atoms with van der Waals surface area (Å²) in [5, 5.41) is 0.322. The first-order valence-corrected chi connectivity index (χ1v) is 3.81. The molecule has 6 heteroatoms. The van der Waals surface area contributed by atoms with Crippen LogP contribution in [0.15, 0.2) is 0 Å². The fourth-order valence-electron chi connectivity index (χ4n) is 0.577. The molecule has 0 unspecified atom stereocenters. The van der Waals surface area contributed by atoms with Crippen LogP contribution in [0, 0.1) is 6.92 Å². The zero-order chi connectivity index (χ0) is 8.65. The summed E-state index contributed by atoms with van der Waals surface area (Å²) in [5.41, 5.74) is -0.985. The summed E-state index contributed by atoms with van der Waals surface area (Å²) in [7, 11) is 0. The van der Waals surface area contributed by atoms with E-state index in [1.165, 1.54) is 6.92 Å². The zero-order valence-electron chi connectivity index (χ0n) is 5.37. The van der Waals surface area contributed by atoms with E-state index in [2.05, 4.69) is 4.98 Å². The summed E-state index contributed by atoms with van der Waals surface area (Å²) in [6.07, 6.45) is -4.43. The number of nitrogens with zero attached hydrogens (tertiary/aromatic N) is 1. The second-order valence-electron chi connectivity index (χ2n) is 1.85. The van der Waals surface area contributed by atoms with Crippen LogP contribution in [-0.4, -0.2) is 4.98 Å². The minimum atomic E-state index is -4.43. The van der Waals surface area contributed by atoms with Gasteiger partial charge in [-0.1, -0.05) is 11.6 Å². The van der Waals surface area contributed by atoms with Crippen LogP contribution in [0.5, 0.6) is 0 Å². The number of aromatic nitrogens is 1. The lowest BCUT2D eigenvalue weighted by Crippen LogP contribution is -2.05. The molecule has 1 aromatic rings. The molecular weight excluding hydrogens is 199 g/mol. The molecule has 0 atom stereocenters. The standard InChI is InChI=1S/C5H3ClF3NS/c1-2-10-3(4(6)11-2)5(7,8)9/h1H3. The molecule has 1 nitrogen and oxygen atoms in total. The van der Waals surface area contributed by atoms with Crippen molar-refractivity contribution >= 4 is 22.9 Å². The molecule has 62 valence electrons. The normalized spacial score (nSPS) is 12.1. The van der Waals surface area contributed by atoms with Gasteiger partial charge in [-0.25, -0.2) is 4.98 Å². The van der Waals surface area contributed by atoms with Crippen LogP contribution in [0.25, 0.3) is 0 Å². The van der Waals surface area contributed by atoms with Crippen molar-refractivity contribution in [2.24, 2.45) is 0 Å². The summed E-state index contributed by atoms with van der Waals surface area (Å²) in [5.74, 6) is 0. The molecule has 0 amide bonds. The molecule has 0 N–H and O–H groups in total. The quantitative estimate of drug-likeness (QED) is 0.629. The molecule has 0 aliphatic heterocycles. The Bertz CT molecular complexity index is 267. The molecule has 1 aromatic heterocycles. The van der Waals surface area contributed by atoms with Gasteiger partial charge in [0.1, 0.15) is 4.34 Å². The Morgan fingerprint density at radius 2 is 2.00 bits per heavy atom. The van der Waals surface area contributed by atoms with Crippen molar-refractivity contribution in [1.82, 2.24) is 4.98 Å². The molecule has 0 bridgehead atoms. The maximum atomic E-state index is 11.9. The van der Waals surface area contributed by atoms with E-state index in [4.69, 9.17) is 11.6 Å². The van der Waals surface area contributed by atoms with Crippen molar-refractivity contribution in [2.45, 2.75) is 13.1 Å². The van der Waals surface area contributed by atoms with E-state index in [1.807, 2.05) is 0 Å². The molecule has 0 aliphatic rings. The third-order valence-electron chi connectivity index (χ3n) is 0.961. The highest BCUT2D eigenvalue weighted by atomic mass is 35.5. The largest absolute Gasteiger partial charge is 0.435 e. The summed E-state index contributed by atoms with van der Waals surface area (Å²) >= 11 is 6.10.